The number of nitrogens with zero attached hydrogens (tertiary/aromatic N) is 3. The largest absolute Gasteiger partial charge is 0.480 e. The quantitative estimate of drug-likeness (QED) is 0.320. The van der Waals surface area contributed by atoms with Gasteiger partial charge in [0.05, 0.1) is 38.7 Å². The average molecular weight is 597 g/mol. The maximum absolute atomic E-state index is 13.7. The van der Waals surface area contributed by atoms with Crippen molar-refractivity contribution in [3.05, 3.63) is 88.1 Å². The summed E-state index contributed by atoms with van der Waals surface area (Å²) in [4.78, 5) is 36.7. The summed E-state index contributed by atoms with van der Waals surface area (Å²) in [5, 5.41) is 3.73. The number of benzene rings is 1. The standard InChI is InChI=1S/C36H44N4O4/c1-5-25-20-28(31-22-37-23-33(39-31)43-3)21-27-9-7-6-8-10-32(41)35(27)36(25)38-29-11-12-30(24(2)19-29)26-13-16-40(17-14-26)18-15-34(42)44-4/h7,9,11-12,19,21-23,26,38H,5-6,8,10,13-18,20H2,1-4H3/b9-7-. The lowest BCUT2D eigenvalue weighted by Crippen LogP contribution is -2.34. The summed E-state index contributed by atoms with van der Waals surface area (Å²) in [6.07, 6.45) is 16.0. The van der Waals surface area contributed by atoms with Crippen molar-refractivity contribution in [1.82, 2.24) is 14.9 Å². The molecule has 232 valence electrons. The normalized spacial score (nSPS) is 19.0. The number of carbonyl (C=O) groups excluding carboxylic acids is 2. The first-order valence-electron chi connectivity index (χ1n) is 15.8. The van der Waals surface area contributed by atoms with E-state index in [1.807, 2.05) is 0 Å². The molecule has 0 unspecified atom stereocenters. The fourth-order valence-electron chi connectivity index (χ4n) is 6.49. The lowest BCUT2D eigenvalue weighted by atomic mass is 9.86. The van der Waals surface area contributed by atoms with E-state index >= 15 is 0 Å². The van der Waals surface area contributed by atoms with Gasteiger partial charge in [0.25, 0.3) is 0 Å². The van der Waals surface area contributed by atoms with Crippen LogP contribution in [0.25, 0.3) is 5.57 Å². The summed E-state index contributed by atoms with van der Waals surface area (Å²) in [6, 6.07) is 6.62. The third-order valence-electron chi connectivity index (χ3n) is 8.98. The van der Waals surface area contributed by atoms with Gasteiger partial charge in [0.1, 0.15) is 0 Å². The molecule has 2 heterocycles. The molecule has 1 aliphatic heterocycles. The molecule has 8 nitrogen and oxygen atoms in total. The Labute approximate surface area is 261 Å². The van der Waals surface area contributed by atoms with Crippen LogP contribution in [0.1, 0.15) is 81.0 Å². The van der Waals surface area contributed by atoms with E-state index in [0.717, 1.165) is 91.1 Å². The van der Waals surface area contributed by atoms with Crippen LogP contribution in [-0.4, -0.2) is 60.5 Å². The van der Waals surface area contributed by atoms with Gasteiger partial charge in [0.15, 0.2) is 5.78 Å². The number of methoxy groups -OCH3 is 2. The fraction of sp³-hybridized carbons (Fsp3) is 0.444. The third kappa shape index (κ3) is 7.36. The number of esters is 1. The van der Waals surface area contributed by atoms with Crippen molar-refractivity contribution in [2.24, 2.45) is 0 Å². The molecule has 0 radical (unpaired) electrons. The molecular weight excluding hydrogens is 552 g/mol. The van der Waals surface area contributed by atoms with Gasteiger partial charge < -0.3 is 19.7 Å². The molecule has 1 N–H and O–H groups in total. The molecule has 0 atom stereocenters. The number of Topliss-reactive ketones (excluding diaryl/α,β-unsaturated/α-hetero) is 1. The predicted molar refractivity (Wildman–Crippen MR) is 173 cm³/mol. The first kappa shape index (κ1) is 31.4. The number of aryl methyl sites for hydroxylation is 1. The summed E-state index contributed by atoms with van der Waals surface area (Å²) in [5.74, 6) is 0.972. The van der Waals surface area contributed by atoms with Crippen LogP contribution in [0.3, 0.4) is 0 Å². The van der Waals surface area contributed by atoms with Gasteiger partial charge in [-0.1, -0.05) is 25.1 Å². The monoisotopic (exact) mass is 596 g/mol. The molecule has 2 aliphatic carbocycles. The minimum Gasteiger partial charge on any atom is -0.480 e. The molecule has 3 aliphatic rings. The van der Waals surface area contributed by atoms with E-state index in [2.05, 4.69) is 70.5 Å². The van der Waals surface area contributed by atoms with Crippen molar-refractivity contribution in [3.8, 4) is 5.88 Å². The highest BCUT2D eigenvalue weighted by molar-refractivity contribution is 6.03. The Morgan fingerprint density at radius 1 is 1.16 bits per heavy atom. The number of aromatic nitrogens is 2. The zero-order valence-electron chi connectivity index (χ0n) is 26.4. The molecule has 1 aromatic heterocycles. The van der Waals surface area contributed by atoms with E-state index in [1.54, 1.807) is 19.5 Å². The number of hydrogen-bond donors (Lipinski definition) is 1. The molecule has 44 heavy (non-hydrogen) atoms. The number of carbonyl (C=O) groups is 2. The van der Waals surface area contributed by atoms with Crippen LogP contribution in [-0.2, 0) is 14.3 Å². The van der Waals surface area contributed by atoms with E-state index in [-0.39, 0.29) is 11.8 Å². The van der Waals surface area contributed by atoms with Crippen molar-refractivity contribution < 1.29 is 19.1 Å². The van der Waals surface area contributed by atoms with Gasteiger partial charge in [-0.25, -0.2) is 4.98 Å². The smallest absolute Gasteiger partial charge is 0.306 e. The van der Waals surface area contributed by atoms with Crippen LogP contribution < -0.4 is 10.1 Å². The Balaban J connectivity index is 1.42. The summed E-state index contributed by atoms with van der Waals surface area (Å²) in [7, 11) is 3.04. The second-order valence-electron chi connectivity index (χ2n) is 11.8. The van der Waals surface area contributed by atoms with Crippen molar-refractivity contribution in [2.75, 3.05) is 39.2 Å². The number of nitrogens with one attached hydrogen (secondary N) is 1. The highest BCUT2D eigenvalue weighted by atomic mass is 16.5. The van der Waals surface area contributed by atoms with Crippen LogP contribution in [0, 0.1) is 6.92 Å². The molecule has 0 saturated carbocycles. The van der Waals surface area contributed by atoms with Gasteiger partial charge in [0.2, 0.25) is 5.88 Å². The molecule has 0 amide bonds. The summed E-state index contributed by atoms with van der Waals surface area (Å²) in [6.45, 7) is 7.04. The minimum absolute atomic E-state index is 0.151. The van der Waals surface area contributed by atoms with Crippen LogP contribution in [0.2, 0.25) is 0 Å². The number of anilines is 1. The predicted octanol–water partition coefficient (Wildman–Crippen LogP) is 6.71. The van der Waals surface area contributed by atoms with Crippen LogP contribution in [0.4, 0.5) is 5.69 Å². The van der Waals surface area contributed by atoms with E-state index in [1.165, 1.54) is 18.2 Å². The molecule has 8 heteroatoms. The maximum atomic E-state index is 13.7. The zero-order valence-corrected chi connectivity index (χ0v) is 26.4. The lowest BCUT2D eigenvalue weighted by Gasteiger charge is -2.32. The van der Waals surface area contributed by atoms with E-state index in [0.29, 0.717) is 31.1 Å². The third-order valence-corrected chi connectivity index (χ3v) is 8.98. The van der Waals surface area contributed by atoms with E-state index in [4.69, 9.17) is 9.47 Å². The Morgan fingerprint density at radius 2 is 1.98 bits per heavy atom. The van der Waals surface area contributed by atoms with E-state index in [9.17, 15) is 9.59 Å². The summed E-state index contributed by atoms with van der Waals surface area (Å²) in [5.41, 5.74) is 9.11. The Kier molecular flexibility index (Phi) is 10.4. The van der Waals surface area contributed by atoms with Gasteiger partial charge in [0, 0.05) is 29.9 Å². The first-order valence-corrected chi connectivity index (χ1v) is 15.8. The number of piperidine rings is 1. The van der Waals surface area contributed by atoms with Crippen LogP contribution >= 0.6 is 0 Å². The van der Waals surface area contributed by atoms with Crippen molar-refractivity contribution in [2.45, 2.75) is 71.1 Å². The molecule has 0 spiro atoms. The van der Waals surface area contributed by atoms with Gasteiger partial charge in [-0.05, 0) is 111 Å². The number of ether oxygens (including phenoxy) is 2. The Bertz CT molecular complexity index is 1510. The van der Waals surface area contributed by atoms with Gasteiger partial charge in [-0.2, -0.15) is 0 Å². The molecule has 1 aromatic carbocycles. The van der Waals surface area contributed by atoms with Gasteiger partial charge in [-0.3, -0.25) is 14.6 Å². The number of rotatable bonds is 9. The Hall–Kier alpha value is -4.04. The molecule has 2 aromatic rings. The molecule has 5 rings (SSSR count). The van der Waals surface area contributed by atoms with Gasteiger partial charge in [-0.15, -0.1) is 0 Å². The Morgan fingerprint density at radius 3 is 2.70 bits per heavy atom. The number of allylic oxidation sites excluding steroid dienone is 7. The highest BCUT2D eigenvalue weighted by Gasteiger charge is 2.27. The number of ketones is 1. The topological polar surface area (TPSA) is 93.7 Å². The number of hydrogen-bond acceptors (Lipinski definition) is 8. The second-order valence-corrected chi connectivity index (χ2v) is 11.8. The van der Waals surface area contributed by atoms with Crippen molar-refractivity contribution in [3.63, 3.8) is 0 Å². The van der Waals surface area contributed by atoms with Crippen molar-refractivity contribution in [1.29, 1.82) is 0 Å². The van der Waals surface area contributed by atoms with Gasteiger partial charge >= 0.3 is 5.97 Å². The molecule has 0 bridgehead atoms. The lowest BCUT2D eigenvalue weighted by molar-refractivity contribution is -0.141. The van der Waals surface area contributed by atoms with Crippen LogP contribution in [0.15, 0.2) is 71.2 Å². The average Bonchev–Trinajstić information content (AvgIpc) is 3.19. The SMILES string of the molecule is CCC1=C(Nc2ccc(C3CCN(CCC(=O)OC)CC3)c(C)c2)C2=C(C=C(c3cncc(OC)n3)C1)/C=C\CCCC2=O. The number of likely N-dealkylation sites (tertiary alicyclic amines) is 1. The van der Waals surface area contributed by atoms with Crippen molar-refractivity contribution >= 4 is 23.0 Å². The first-order chi connectivity index (χ1) is 21.4. The van der Waals surface area contributed by atoms with E-state index < -0.39 is 0 Å². The minimum atomic E-state index is -0.151. The second kappa shape index (κ2) is 14.6. The highest BCUT2D eigenvalue weighted by Crippen LogP contribution is 2.38. The molecule has 1 saturated heterocycles. The summed E-state index contributed by atoms with van der Waals surface area (Å²) < 4.78 is 10.2. The fourth-order valence-corrected chi connectivity index (χ4v) is 6.49. The summed E-state index contributed by atoms with van der Waals surface area (Å²) >= 11 is 0. The molecular formula is C36H44N4O4. The maximum Gasteiger partial charge on any atom is 0.306 e. The zero-order chi connectivity index (χ0) is 31.1. The van der Waals surface area contributed by atoms with Crippen LogP contribution in [0.5, 0.6) is 5.88 Å². The molecule has 1 fully saturated rings.